The van der Waals surface area contributed by atoms with Crippen LogP contribution in [0.4, 0.5) is 0 Å². The van der Waals surface area contributed by atoms with Gasteiger partial charge in [0.05, 0.1) is 44.8 Å². The highest BCUT2D eigenvalue weighted by molar-refractivity contribution is 6.12. The second-order valence-corrected chi connectivity index (χ2v) is 27.2. The van der Waals surface area contributed by atoms with Gasteiger partial charge in [-0.2, -0.15) is 0 Å². The van der Waals surface area contributed by atoms with Crippen LogP contribution >= 0.6 is 0 Å². The predicted molar refractivity (Wildman–Crippen MR) is 432 cm³/mol. The van der Waals surface area contributed by atoms with Crippen molar-refractivity contribution >= 4 is 91.9 Å². The molecule has 2 aliphatic heterocycles. The first-order valence-corrected chi connectivity index (χ1v) is 37.5. The molecule has 15 aromatic rings. The Kier molecular flexibility index (Phi) is 21.7. The normalized spacial score (nSPS) is 11.2. The number of hydrogen-bond acceptors (Lipinski definition) is 26. The molecule has 0 spiro atoms. The average Bonchev–Trinajstić information content (AvgIpc) is 1.59. The van der Waals surface area contributed by atoms with Gasteiger partial charge in [-0.1, -0.05) is 243 Å². The van der Waals surface area contributed by atoms with Crippen LogP contribution in [-0.2, 0) is 90.7 Å². The highest BCUT2D eigenvalue weighted by atomic mass is 16.6. The summed E-state index contributed by atoms with van der Waals surface area (Å²) in [5.74, 6) is -8.83. The number of ether oxygens (including phenoxy) is 8. The van der Waals surface area contributed by atoms with Crippen molar-refractivity contribution in [3.8, 4) is 45.6 Å². The summed E-state index contributed by atoms with van der Waals surface area (Å²) in [6, 6.07) is 75.7. The van der Waals surface area contributed by atoms with E-state index in [0.717, 1.165) is 0 Å². The monoisotopic (exact) mass is 1590 g/mol. The number of aromatic nitrogens is 12. The molecule has 2 N–H and O–H groups in total. The van der Waals surface area contributed by atoms with Crippen LogP contribution in [-0.4, -0.2) is 108 Å². The molecular weight excluding hydrogens is 1530 g/mol. The maximum atomic E-state index is 14.9. The summed E-state index contributed by atoms with van der Waals surface area (Å²) in [4.78, 5) is 176. The standard InChI is InChI=1S/C92H62N12O16/c105-85(113-45-53-25-9-1-10-26-53)77-78(86(106)114-46-54-27-11-2-12-28-54)98-70-62-42-64-72-74(102-82(90(110)118-50-58-35-19-6-20-36-58)81(100-72)89(109)117-49-57-33-17-5-18-34-57)66(95-64)44-68-76-75(103-83(91(111)119-51-59-37-21-7-22-38-59)84(104-76)92(112)120-52-60-39-23-8-24-40-60)67(96-68)43-65-73-71(63(94-65)41-61(93-62)69(70)97-77)99-79(87(107)115-47-55-29-13-3-14-30-55)80(101-73)88(108)116-48-56-31-15-4-16-32-56/h1-44,93,96H,45-52H2. The lowest BCUT2D eigenvalue weighted by Crippen LogP contribution is -2.19. The van der Waals surface area contributed by atoms with Gasteiger partial charge in [0.25, 0.3) is 0 Å². The minimum Gasteiger partial charge on any atom is -0.456 e. The maximum Gasteiger partial charge on any atom is 0.359 e. The quantitative estimate of drug-likeness (QED) is 0.0419. The molecule has 28 nitrogen and oxygen atoms in total. The van der Waals surface area contributed by atoms with Crippen molar-refractivity contribution < 1.29 is 76.3 Å². The van der Waals surface area contributed by atoms with Gasteiger partial charge in [-0.3, -0.25) is 0 Å². The summed E-state index contributed by atoms with van der Waals surface area (Å²) >= 11 is 0. The summed E-state index contributed by atoms with van der Waals surface area (Å²) in [5.41, 5.74) is -2.01. The van der Waals surface area contributed by atoms with Crippen LogP contribution in [0.3, 0.4) is 0 Å². The van der Waals surface area contributed by atoms with E-state index in [1.807, 2.05) is 0 Å². The molecule has 2 aliphatic rings. The molecule has 9 heterocycles. The second-order valence-electron chi connectivity index (χ2n) is 27.2. The van der Waals surface area contributed by atoms with Crippen LogP contribution in [0.2, 0.25) is 0 Å². The molecule has 8 bridgehead atoms. The van der Waals surface area contributed by atoms with Crippen LogP contribution < -0.4 is 0 Å². The number of carbonyl (C=O) groups is 8. The number of fused-ring (bicyclic) bond motifs is 20. The fourth-order valence-electron chi connectivity index (χ4n) is 13.0. The van der Waals surface area contributed by atoms with Crippen molar-refractivity contribution in [3.05, 3.63) is 357 Å². The highest BCUT2D eigenvalue weighted by Gasteiger charge is 2.36. The minimum absolute atomic E-state index is 0.0318. The molecule has 17 rings (SSSR count). The molecule has 8 aromatic carbocycles. The van der Waals surface area contributed by atoms with E-state index < -0.39 is 93.3 Å². The summed E-state index contributed by atoms with van der Waals surface area (Å²) in [7, 11) is 0. The Morgan fingerprint density at radius 1 is 0.192 bits per heavy atom. The Hall–Kier alpha value is -16.5. The fraction of sp³-hybridized carbons (Fsp3) is 0.0870. The van der Waals surface area contributed by atoms with Crippen molar-refractivity contribution in [2.45, 2.75) is 52.9 Å². The third kappa shape index (κ3) is 16.7. The molecule has 0 unspecified atom stereocenters. The van der Waals surface area contributed by atoms with Crippen molar-refractivity contribution in [1.29, 1.82) is 0 Å². The number of nitrogens with zero attached hydrogens (tertiary/aromatic N) is 10. The third-order valence-electron chi connectivity index (χ3n) is 19.0. The van der Waals surface area contributed by atoms with E-state index in [2.05, 4.69) is 9.97 Å². The number of hydrogen-bond donors (Lipinski definition) is 2. The van der Waals surface area contributed by atoms with Gasteiger partial charge in [0.15, 0.2) is 45.6 Å². The molecule has 0 saturated carbocycles. The Balaban J connectivity index is 0.955. The van der Waals surface area contributed by atoms with Gasteiger partial charge in [-0.25, -0.2) is 88.2 Å². The zero-order valence-electron chi connectivity index (χ0n) is 63.1. The van der Waals surface area contributed by atoms with E-state index in [4.69, 9.17) is 87.7 Å². The zero-order chi connectivity index (χ0) is 82.0. The average molecular weight is 1590 g/mol. The first kappa shape index (κ1) is 76.1. The lowest BCUT2D eigenvalue weighted by Gasteiger charge is -2.11. The second kappa shape index (κ2) is 34.3. The lowest BCUT2D eigenvalue weighted by molar-refractivity contribution is 0.0414. The lowest BCUT2D eigenvalue weighted by atomic mass is 10.1. The smallest absolute Gasteiger partial charge is 0.359 e. The largest absolute Gasteiger partial charge is 0.456 e. The summed E-state index contributed by atoms with van der Waals surface area (Å²) in [5, 5.41) is 0. The van der Waals surface area contributed by atoms with Gasteiger partial charge in [-0.05, 0) is 68.8 Å². The number of nitrogens with one attached hydrogen (secondary N) is 2. The fourth-order valence-corrected chi connectivity index (χ4v) is 13.0. The zero-order valence-corrected chi connectivity index (χ0v) is 63.1. The van der Waals surface area contributed by atoms with Crippen molar-refractivity contribution in [3.63, 3.8) is 0 Å². The predicted octanol–water partition coefficient (Wildman–Crippen LogP) is 15.3. The number of esters is 8. The van der Waals surface area contributed by atoms with Gasteiger partial charge >= 0.3 is 47.8 Å². The first-order valence-electron chi connectivity index (χ1n) is 37.5. The number of rotatable bonds is 24. The molecule has 7 aromatic heterocycles. The third-order valence-corrected chi connectivity index (χ3v) is 19.0. The highest BCUT2D eigenvalue weighted by Crippen LogP contribution is 2.40. The van der Waals surface area contributed by atoms with E-state index in [1.165, 1.54) is 24.3 Å². The molecule has 0 atom stereocenters. The Bertz CT molecular complexity index is 5920. The number of aromatic amines is 2. The van der Waals surface area contributed by atoms with E-state index in [0.29, 0.717) is 44.5 Å². The summed E-state index contributed by atoms with van der Waals surface area (Å²) in [6.45, 7) is -2.24. The van der Waals surface area contributed by atoms with E-state index in [9.17, 15) is 38.4 Å². The Morgan fingerprint density at radius 2 is 0.333 bits per heavy atom. The number of carbonyl (C=O) groups excluding carboxylic acids is 8. The van der Waals surface area contributed by atoms with Crippen molar-refractivity contribution in [2.24, 2.45) is 0 Å². The summed E-state index contributed by atoms with van der Waals surface area (Å²) in [6.07, 6.45) is 0. The van der Waals surface area contributed by atoms with Gasteiger partial charge < -0.3 is 47.9 Å². The minimum atomic E-state index is -1.11. The topological polar surface area (TPSA) is 371 Å². The first-order chi connectivity index (χ1) is 58.7. The maximum absolute atomic E-state index is 14.9. The number of benzene rings is 8. The molecule has 586 valence electrons. The molecule has 0 radical (unpaired) electrons. The van der Waals surface area contributed by atoms with Crippen LogP contribution in [0, 0.1) is 0 Å². The van der Waals surface area contributed by atoms with Crippen molar-refractivity contribution in [2.75, 3.05) is 0 Å². The van der Waals surface area contributed by atoms with E-state index >= 15 is 0 Å². The van der Waals surface area contributed by atoms with Crippen LogP contribution in [0.1, 0.15) is 128 Å². The molecule has 0 saturated heterocycles. The van der Waals surface area contributed by atoms with Crippen LogP contribution in [0.25, 0.3) is 89.7 Å². The molecule has 28 heteroatoms. The van der Waals surface area contributed by atoms with Gasteiger partial charge in [0, 0.05) is 0 Å². The van der Waals surface area contributed by atoms with E-state index in [-0.39, 0.29) is 143 Å². The SMILES string of the molecule is O=C(OCc1ccccc1)c1nc2c(nc1C(=O)OCc1ccccc1)-c1cc3[nH]c(cc4nc(cc5[nH]c(cc-2n1)c1nc(C(=O)OCc2ccccc2)c(C(=O)OCc2ccccc2)nc51)-c1nc(C(=O)OCc2ccccc2)c(C(=O)OCc2ccccc2)nc1-4)c1nc(C(=O)OCc2ccccc2)c(C(=O)OCc2ccccc2)nc31. The molecule has 0 amide bonds. The van der Waals surface area contributed by atoms with Crippen LogP contribution in [0.5, 0.6) is 0 Å². The van der Waals surface area contributed by atoms with E-state index in [1.54, 1.807) is 243 Å². The number of H-pyrrole nitrogens is 2. The van der Waals surface area contributed by atoms with Gasteiger partial charge in [0.2, 0.25) is 0 Å². The Labute approximate surface area is 679 Å². The van der Waals surface area contributed by atoms with Crippen LogP contribution in [0.15, 0.2) is 267 Å². The molecule has 120 heavy (non-hydrogen) atoms. The summed E-state index contributed by atoms with van der Waals surface area (Å²) < 4.78 is 47.3. The molecule has 0 aliphatic carbocycles. The van der Waals surface area contributed by atoms with Crippen molar-refractivity contribution in [1.82, 2.24) is 59.8 Å². The molecular formula is C92H62N12O16. The van der Waals surface area contributed by atoms with Gasteiger partial charge in [0.1, 0.15) is 97.7 Å². The van der Waals surface area contributed by atoms with Gasteiger partial charge in [-0.15, -0.1) is 0 Å². The molecule has 0 fully saturated rings. The Morgan fingerprint density at radius 3 is 0.483 bits per heavy atom.